The molecule has 2 N–H and O–H groups in total. The molecule has 0 atom stereocenters. The third-order valence-corrected chi connectivity index (χ3v) is 2.73. The molecule has 0 saturated carbocycles. The van der Waals surface area contributed by atoms with E-state index in [1.807, 2.05) is 29.8 Å². The quantitative estimate of drug-likeness (QED) is 0.876. The number of ether oxygens (including phenoxy) is 1. The minimum Gasteiger partial charge on any atom is -0.497 e. The highest BCUT2D eigenvalue weighted by Gasteiger charge is 2.01. The van der Waals surface area contributed by atoms with Crippen LogP contribution in [0.15, 0.2) is 30.5 Å². The molecule has 4 nitrogen and oxygen atoms in total. The molecule has 2 aromatic rings. The molecular formula is C13H17N3O. The number of hydrogen-bond acceptors (Lipinski definition) is 3. The summed E-state index contributed by atoms with van der Waals surface area (Å²) in [6.07, 6.45) is 2.91. The maximum absolute atomic E-state index is 5.78. The molecule has 1 aromatic carbocycles. The molecule has 0 fully saturated rings. The van der Waals surface area contributed by atoms with E-state index in [0.717, 1.165) is 24.4 Å². The fourth-order valence-corrected chi connectivity index (χ4v) is 1.79. The molecule has 90 valence electrons. The lowest BCUT2D eigenvalue weighted by molar-refractivity contribution is 0.414. The van der Waals surface area contributed by atoms with Gasteiger partial charge < -0.3 is 15.0 Å². The van der Waals surface area contributed by atoms with Crippen LogP contribution in [0.3, 0.4) is 0 Å². The van der Waals surface area contributed by atoms with Crippen LogP contribution < -0.4 is 10.5 Å². The summed E-state index contributed by atoms with van der Waals surface area (Å²) in [5.41, 5.74) is 8.00. The van der Waals surface area contributed by atoms with E-state index < -0.39 is 0 Å². The smallest absolute Gasteiger partial charge is 0.200 e. The maximum atomic E-state index is 5.78. The van der Waals surface area contributed by atoms with E-state index in [1.54, 1.807) is 7.11 Å². The van der Waals surface area contributed by atoms with Crippen LogP contribution in [0.25, 0.3) is 0 Å². The highest BCUT2D eigenvalue weighted by Crippen LogP contribution is 2.13. The van der Waals surface area contributed by atoms with Gasteiger partial charge in [0.25, 0.3) is 0 Å². The molecule has 0 saturated heterocycles. The van der Waals surface area contributed by atoms with Crippen LogP contribution in [0.2, 0.25) is 0 Å². The number of imidazole rings is 1. The van der Waals surface area contributed by atoms with Gasteiger partial charge in [0, 0.05) is 12.7 Å². The molecule has 4 heteroatoms. The molecule has 2 rings (SSSR count). The van der Waals surface area contributed by atoms with Crippen LogP contribution in [0.4, 0.5) is 5.95 Å². The molecule has 0 aliphatic heterocycles. The second-order valence-corrected chi connectivity index (χ2v) is 4.03. The van der Waals surface area contributed by atoms with E-state index in [1.165, 1.54) is 5.56 Å². The Morgan fingerprint density at radius 2 is 2.00 bits per heavy atom. The minimum atomic E-state index is 0.580. The number of nitrogen functional groups attached to an aromatic ring is 1. The largest absolute Gasteiger partial charge is 0.497 e. The predicted molar refractivity (Wildman–Crippen MR) is 68.1 cm³/mol. The van der Waals surface area contributed by atoms with Gasteiger partial charge in [0.05, 0.1) is 12.8 Å². The van der Waals surface area contributed by atoms with Crippen molar-refractivity contribution in [3.8, 4) is 5.75 Å². The van der Waals surface area contributed by atoms with Gasteiger partial charge in [-0.1, -0.05) is 12.1 Å². The monoisotopic (exact) mass is 231 g/mol. The number of anilines is 1. The van der Waals surface area contributed by atoms with Gasteiger partial charge in [-0.3, -0.25) is 0 Å². The molecule has 0 aliphatic carbocycles. The zero-order chi connectivity index (χ0) is 12.3. The van der Waals surface area contributed by atoms with Gasteiger partial charge in [-0.05, 0) is 31.0 Å². The Kier molecular flexibility index (Phi) is 3.32. The van der Waals surface area contributed by atoms with Crippen molar-refractivity contribution in [3.05, 3.63) is 41.7 Å². The van der Waals surface area contributed by atoms with E-state index in [4.69, 9.17) is 10.5 Å². The van der Waals surface area contributed by atoms with Gasteiger partial charge in [-0.15, -0.1) is 0 Å². The lowest BCUT2D eigenvalue weighted by atomic mass is 10.1. The van der Waals surface area contributed by atoms with E-state index >= 15 is 0 Å². The average molecular weight is 231 g/mol. The minimum absolute atomic E-state index is 0.580. The number of nitrogens with zero attached hydrogens (tertiary/aromatic N) is 2. The maximum Gasteiger partial charge on any atom is 0.200 e. The predicted octanol–water partition coefficient (Wildman–Crippen LogP) is 2.03. The molecule has 0 aliphatic rings. The summed E-state index contributed by atoms with van der Waals surface area (Å²) < 4.78 is 7.09. The van der Waals surface area contributed by atoms with Gasteiger partial charge in [0.15, 0.2) is 5.95 Å². The lowest BCUT2D eigenvalue weighted by Gasteiger charge is -2.05. The number of methoxy groups -OCH3 is 1. The summed E-state index contributed by atoms with van der Waals surface area (Å²) in [5.74, 6) is 1.46. The average Bonchev–Trinajstić information content (AvgIpc) is 2.66. The zero-order valence-corrected chi connectivity index (χ0v) is 10.2. The van der Waals surface area contributed by atoms with E-state index in [0.29, 0.717) is 5.95 Å². The van der Waals surface area contributed by atoms with Crippen molar-refractivity contribution in [1.82, 2.24) is 9.55 Å². The summed E-state index contributed by atoms with van der Waals surface area (Å²) in [7, 11) is 1.67. The molecule has 17 heavy (non-hydrogen) atoms. The van der Waals surface area contributed by atoms with Crippen LogP contribution in [-0.4, -0.2) is 16.7 Å². The first-order chi connectivity index (χ1) is 8.19. The fraction of sp³-hybridized carbons (Fsp3) is 0.308. The number of aryl methyl sites for hydroxylation is 3. The summed E-state index contributed by atoms with van der Waals surface area (Å²) in [4.78, 5) is 4.17. The molecule has 0 bridgehead atoms. The van der Waals surface area contributed by atoms with Crippen molar-refractivity contribution in [3.63, 3.8) is 0 Å². The van der Waals surface area contributed by atoms with Crippen molar-refractivity contribution >= 4 is 5.95 Å². The van der Waals surface area contributed by atoms with Crippen molar-refractivity contribution in [2.45, 2.75) is 19.9 Å². The van der Waals surface area contributed by atoms with Gasteiger partial charge in [0.1, 0.15) is 5.75 Å². The highest BCUT2D eigenvalue weighted by atomic mass is 16.5. The number of hydrogen-bond donors (Lipinski definition) is 1. The third kappa shape index (κ3) is 2.78. The normalized spacial score (nSPS) is 10.5. The van der Waals surface area contributed by atoms with Crippen LogP contribution in [0, 0.1) is 6.92 Å². The SMILES string of the molecule is COc1ccc(CCn2cc(C)nc2N)cc1. The Bertz CT molecular complexity index is 488. The lowest BCUT2D eigenvalue weighted by Crippen LogP contribution is -2.04. The number of aromatic nitrogens is 2. The van der Waals surface area contributed by atoms with Gasteiger partial charge in [-0.2, -0.15) is 0 Å². The molecule has 0 unspecified atom stereocenters. The third-order valence-electron chi connectivity index (χ3n) is 2.73. The van der Waals surface area contributed by atoms with Gasteiger partial charge in [-0.25, -0.2) is 4.98 Å². The van der Waals surface area contributed by atoms with Crippen molar-refractivity contribution < 1.29 is 4.74 Å². The Morgan fingerprint density at radius 1 is 1.29 bits per heavy atom. The summed E-state index contributed by atoms with van der Waals surface area (Å²) >= 11 is 0. The Balaban J connectivity index is 1.99. The first-order valence-electron chi connectivity index (χ1n) is 5.61. The molecule has 0 radical (unpaired) electrons. The Hall–Kier alpha value is -1.97. The summed E-state index contributed by atoms with van der Waals surface area (Å²) in [5, 5.41) is 0. The van der Waals surface area contributed by atoms with Crippen LogP contribution in [-0.2, 0) is 13.0 Å². The topological polar surface area (TPSA) is 53.1 Å². The van der Waals surface area contributed by atoms with Crippen LogP contribution in [0.1, 0.15) is 11.3 Å². The molecule has 0 amide bonds. The van der Waals surface area contributed by atoms with Gasteiger partial charge in [0.2, 0.25) is 0 Å². The second-order valence-electron chi connectivity index (χ2n) is 4.03. The molecule has 0 spiro atoms. The fourth-order valence-electron chi connectivity index (χ4n) is 1.79. The van der Waals surface area contributed by atoms with Crippen molar-refractivity contribution in [1.29, 1.82) is 0 Å². The Morgan fingerprint density at radius 3 is 2.53 bits per heavy atom. The molecule has 1 heterocycles. The standard InChI is InChI=1S/C13H17N3O/c1-10-9-16(13(14)15-10)8-7-11-3-5-12(17-2)6-4-11/h3-6,9H,7-8H2,1-2H3,(H2,14,15). The van der Waals surface area contributed by atoms with E-state index in [2.05, 4.69) is 17.1 Å². The number of nitrogens with two attached hydrogens (primary N) is 1. The zero-order valence-electron chi connectivity index (χ0n) is 10.2. The number of rotatable bonds is 4. The van der Waals surface area contributed by atoms with Crippen molar-refractivity contribution in [2.75, 3.05) is 12.8 Å². The second kappa shape index (κ2) is 4.91. The molecule has 1 aromatic heterocycles. The van der Waals surface area contributed by atoms with Gasteiger partial charge >= 0.3 is 0 Å². The summed E-state index contributed by atoms with van der Waals surface area (Å²) in [6.45, 7) is 2.79. The highest BCUT2D eigenvalue weighted by molar-refractivity contribution is 5.27. The van der Waals surface area contributed by atoms with Crippen LogP contribution >= 0.6 is 0 Å². The molecular weight excluding hydrogens is 214 g/mol. The Labute approximate surface area is 101 Å². The first kappa shape index (κ1) is 11.5. The van der Waals surface area contributed by atoms with E-state index in [9.17, 15) is 0 Å². The van der Waals surface area contributed by atoms with E-state index in [-0.39, 0.29) is 0 Å². The number of benzene rings is 1. The summed E-state index contributed by atoms with van der Waals surface area (Å²) in [6, 6.07) is 8.08. The van der Waals surface area contributed by atoms with Crippen molar-refractivity contribution in [2.24, 2.45) is 0 Å². The van der Waals surface area contributed by atoms with Crippen LogP contribution in [0.5, 0.6) is 5.75 Å². The first-order valence-corrected chi connectivity index (χ1v) is 5.61.